The third kappa shape index (κ3) is 4.70. The van der Waals surface area contributed by atoms with Gasteiger partial charge in [-0.25, -0.2) is 14.4 Å². The van der Waals surface area contributed by atoms with Crippen LogP contribution in [0.5, 0.6) is 5.88 Å². The Kier molecular flexibility index (Phi) is 6.91. The molecule has 9 nitrogen and oxygen atoms in total. The summed E-state index contributed by atoms with van der Waals surface area (Å²) in [6.45, 7) is 5.56. The van der Waals surface area contributed by atoms with Gasteiger partial charge in [0.25, 0.3) is 5.91 Å². The molecule has 1 amide bonds. The number of nitrogens with zero attached hydrogens (tertiary/aromatic N) is 5. The Hall–Kier alpha value is -2.98. The molecule has 11 heteroatoms. The van der Waals surface area contributed by atoms with E-state index in [1.807, 2.05) is 14.0 Å². The minimum atomic E-state index is -0.523. The number of hydrogen-bond acceptors (Lipinski definition) is 7. The molecule has 0 saturated carbocycles. The van der Waals surface area contributed by atoms with Crippen LogP contribution in [0, 0.1) is 12.7 Å². The van der Waals surface area contributed by atoms with Gasteiger partial charge in [0.1, 0.15) is 5.56 Å². The van der Waals surface area contributed by atoms with Gasteiger partial charge >= 0.3 is 0 Å². The number of aryl methyl sites for hydroxylation is 1. The highest BCUT2D eigenvalue weighted by atomic mass is 35.5. The topological polar surface area (TPSA) is 96.7 Å². The molecule has 4 heterocycles. The van der Waals surface area contributed by atoms with E-state index in [9.17, 15) is 9.18 Å². The molecule has 0 aliphatic carbocycles. The summed E-state index contributed by atoms with van der Waals surface area (Å²) >= 11 is 0. The van der Waals surface area contributed by atoms with E-state index in [1.165, 1.54) is 16.7 Å². The molecule has 166 valence electrons. The van der Waals surface area contributed by atoms with E-state index in [0.717, 1.165) is 19.5 Å². The van der Waals surface area contributed by atoms with Crippen molar-refractivity contribution in [2.75, 3.05) is 37.0 Å². The highest BCUT2D eigenvalue weighted by Crippen LogP contribution is 2.23. The summed E-state index contributed by atoms with van der Waals surface area (Å²) in [7, 11) is 1.93. The first kappa shape index (κ1) is 22.7. The van der Waals surface area contributed by atoms with E-state index in [2.05, 4.69) is 30.5 Å². The number of aromatic nitrogens is 4. The predicted molar refractivity (Wildman–Crippen MR) is 118 cm³/mol. The number of pyridine rings is 1. The molecular formula is C20H25ClFN7O2. The molecule has 3 aromatic heterocycles. The second-order valence-electron chi connectivity index (χ2n) is 7.19. The average molecular weight is 450 g/mol. The molecule has 1 fully saturated rings. The summed E-state index contributed by atoms with van der Waals surface area (Å²) in [5.41, 5.74) is 1.37. The molecule has 0 spiro atoms. The zero-order chi connectivity index (χ0) is 21.3. The number of nitrogens with one attached hydrogen (secondary N) is 2. The van der Waals surface area contributed by atoms with Crippen molar-refractivity contribution in [1.29, 1.82) is 0 Å². The molecule has 1 atom stereocenters. The van der Waals surface area contributed by atoms with Crippen LogP contribution in [0.3, 0.4) is 0 Å². The van der Waals surface area contributed by atoms with Gasteiger partial charge in [-0.2, -0.15) is 4.98 Å². The Balaban J connectivity index is 0.00000272. The normalized spacial score (nSPS) is 15.7. The van der Waals surface area contributed by atoms with Crippen molar-refractivity contribution in [3.8, 4) is 5.88 Å². The van der Waals surface area contributed by atoms with Gasteiger partial charge in [0.15, 0.2) is 11.5 Å². The number of likely N-dealkylation sites (N-methyl/N-ethyl adjacent to an activating group) is 1. The number of ether oxygens (including phenoxy) is 1. The fraction of sp³-hybridized carbons (Fsp3) is 0.400. The number of anilines is 2. The van der Waals surface area contributed by atoms with Crippen LogP contribution >= 0.6 is 12.4 Å². The van der Waals surface area contributed by atoms with Crippen molar-refractivity contribution >= 4 is 35.6 Å². The molecule has 0 bridgehead atoms. The van der Waals surface area contributed by atoms with Crippen LogP contribution in [-0.4, -0.2) is 58.0 Å². The fourth-order valence-corrected chi connectivity index (χ4v) is 3.54. The Labute approximate surface area is 185 Å². The first-order chi connectivity index (χ1) is 14.5. The van der Waals surface area contributed by atoms with Gasteiger partial charge in [-0.3, -0.25) is 4.79 Å². The molecule has 0 unspecified atom stereocenters. The van der Waals surface area contributed by atoms with E-state index < -0.39 is 11.7 Å². The van der Waals surface area contributed by atoms with Gasteiger partial charge in [-0.1, -0.05) is 0 Å². The molecule has 31 heavy (non-hydrogen) atoms. The quantitative estimate of drug-likeness (QED) is 0.596. The van der Waals surface area contributed by atoms with Crippen LogP contribution in [0.4, 0.5) is 16.0 Å². The summed E-state index contributed by atoms with van der Waals surface area (Å²) < 4.78 is 21.4. The number of carbonyl (C=O) groups is 1. The molecule has 3 aromatic rings. The summed E-state index contributed by atoms with van der Waals surface area (Å²) in [6.07, 6.45) is 5.74. The number of fused-ring (bicyclic) bond motifs is 1. The lowest BCUT2D eigenvalue weighted by Crippen LogP contribution is -2.30. The minimum Gasteiger partial charge on any atom is -0.477 e. The number of amides is 1. The van der Waals surface area contributed by atoms with E-state index in [-0.39, 0.29) is 29.5 Å². The van der Waals surface area contributed by atoms with Crippen molar-refractivity contribution < 1.29 is 13.9 Å². The second kappa shape index (κ2) is 9.44. The molecular weight excluding hydrogens is 425 g/mol. The Bertz CT molecular complexity index is 1090. The lowest BCUT2D eigenvalue weighted by Gasteiger charge is -2.18. The molecule has 1 aliphatic heterocycles. The summed E-state index contributed by atoms with van der Waals surface area (Å²) in [6, 6.07) is 1.61. The second-order valence-corrected chi connectivity index (χ2v) is 7.19. The van der Waals surface area contributed by atoms with Gasteiger partial charge in [-0.15, -0.1) is 12.4 Å². The lowest BCUT2D eigenvalue weighted by molar-refractivity contribution is 0.102. The fourth-order valence-electron chi connectivity index (χ4n) is 3.54. The summed E-state index contributed by atoms with van der Waals surface area (Å²) in [5, 5.41) is 5.94. The van der Waals surface area contributed by atoms with Gasteiger partial charge in [0.05, 0.1) is 18.0 Å². The van der Waals surface area contributed by atoms with E-state index in [0.29, 0.717) is 30.0 Å². The Morgan fingerprint density at radius 3 is 2.87 bits per heavy atom. The largest absolute Gasteiger partial charge is 0.477 e. The third-order valence-electron chi connectivity index (χ3n) is 5.03. The highest BCUT2D eigenvalue weighted by Gasteiger charge is 2.25. The first-order valence-electron chi connectivity index (χ1n) is 9.86. The number of imidazole rings is 1. The maximum atomic E-state index is 14.3. The van der Waals surface area contributed by atoms with Crippen molar-refractivity contribution in [3.63, 3.8) is 0 Å². The SMILES string of the molecule is CCOc1nc(N2CC[C@@H](NC)C2)ncc1C(=O)Nc1cc(F)c2nc(C)cn2c1.Cl. The average Bonchev–Trinajstić information content (AvgIpc) is 3.34. The minimum absolute atomic E-state index is 0. The molecule has 4 rings (SSSR count). The first-order valence-corrected chi connectivity index (χ1v) is 9.86. The highest BCUT2D eigenvalue weighted by molar-refractivity contribution is 6.05. The number of rotatable bonds is 6. The molecule has 1 aliphatic rings. The van der Waals surface area contributed by atoms with Crippen molar-refractivity contribution in [1.82, 2.24) is 24.7 Å². The Morgan fingerprint density at radius 1 is 1.35 bits per heavy atom. The van der Waals surface area contributed by atoms with Gasteiger partial charge < -0.3 is 24.7 Å². The maximum Gasteiger partial charge on any atom is 0.262 e. The molecule has 1 saturated heterocycles. The zero-order valence-electron chi connectivity index (χ0n) is 17.6. The summed E-state index contributed by atoms with van der Waals surface area (Å²) in [5.74, 6) is -0.275. The number of hydrogen-bond donors (Lipinski definition) is 2. The number of halogens is 2. The Morgan fingerprint density at radius 2 is 2.16 bits per heavy atom. The molecule has 0 radical (unpaired) electrons. The predicted octanol–water partition coefficient (Wildman–Crippen LogP) is 2.44. The molecule has 0 aromatic carbocycles. The van der Waals surface area contributed by atoms with Crippen molar-refractivity contribution in [2.24, 2.45) is 0 Å². The van der Waals surface area contributed by atoms with Crippen LogP contribution in [0.2, 0.25) is 0 Å². The monoisotopic (exact) mass is 449 g/mol. The van der Waals surface area contributed by atoms with Gasteiger partial charge in [0.2, 0.25) is 11.8 Å². The lowest BCUT2D eigenvalue weighted by atomic mass is 10.3. The number of carbonyl (C=O) groups excluding carboxylic acids is 1. The van der Waals surface area contributed by atoms with Gasteiger partial charge in [-0.05, 0) is 27.3 Å². The van der Waals surface area contributed by atoms with Crippen LogP contribution in [0.25, 0.3) is 5.65 Å². The third-order valence-corrected chi connectivity index (χ3v) is 5.03. The van der Waals surface area contributed by atoms with E-state index >= 15 is 0 Å². The van der Waals surface area contributed by atoms with Crippen molar-refractivity contribution in [2.45, 2.75) is 26.3 Å². The molecule has 2 N–H and O–H groups in total. The smallest absolute Gasteiger partial charge is 0.262 e. The zero-order valence-corrected chi connectivity index (χ0v) is 18.4. The standard InChI is InChI=1S/C20H24FN7O2.ClH/c1-4-30-19-15(8-23-20(26-19)27-6-5-13(10-27)22-3)18(29)25-14-7-16(21)17-24-12(2)9-28(17)11-14;/h7-9,11,13,22H,4-6,10H2,1-3H3,(H,25,29);1H/t13-;/m1./s1. The van der Waals surface area contributed by atoms with E-state index in [4.69, 9.17) is 4.74 Å². The summed E-state index contributed by atoms with van der Waals surface area (Å²) in [4.78, 5) is 27.8. The van der Waals surface area contributed by atoms with Crippen LogP contribution in [-0.2, 0) is 0 Å². The van der Waals surface area contributed by atoms with Gasteiger partial charge in [0, 0.05) is 43.8 Å². The van der Waals surface area contributed by atoms with Crippen molar-refractivity contribution in [3.05, 3.63) is 41.7 Å². The van der Waals surface area contributed by atoms with Crippen LogP contribution in [0.15, 0.2) is 24.7 Å². The van der Waals surface area contributed by atoms with E-state index in [1.54, 1.807) is 19.3 Å². The van der Waals surface area contributed by atoms with Crippen LogP contribution in [0.1, 0.15) is 29.4 Å². The van der Waals surface area contributed by atoms with Crippen LogP contribution < -0.4 is 20.3 Å². The maximum absolute atomic E-state index is 14.3.